The summed E-state index contributed by atoms with van der Waals surface area (Å²) in [7, 11) is 0. The van der Waals surface area contributed by atoms with Crippen LogP contribution in [0.2, 0.25) is 0 Å². The third kappa shape index (κ3) is 3.09. The van der Waals surface area contributed by atoms with Gasteiger partial charge >= 0.3 is 0 Å². The molecule has 76 valence electrons. The van der Waals surface area contributed by atoms with Crippen molar-refractivity contribution in [2.45, 2.75) is 19.9 Å². The van der Waals surface area contributed by atoms with Crippen molar-refractivity contribution in [3.05, 3.63) is 35.4 Å². The van der Waals surface area contributed by atoms with Crippen LogP contribution >= 0.6 is 11.6 Å². The van der Waals surface area contributed by atoms with Gasteiger partial charge in [0, 0.05) is 30.0 Å². The Hall–Kier alpha value is -0.930. The minimum absolute atomic E-state index is 0.138. The molecule has 14 heavy (non-hydrogen) atoms. The average molecular weight is 212 g/mol. The number of halogens is 1. The van der Waals surface area contributed by atoms with Gasteiger partial charge in [-0.05, 0) is 13.8 Å². The van der Waals surface area contributed by atoms with Gasteiger partial charge in [0.25, 0.3) is 0 Å². The van der Waals surface area contributed by atoms with Crippen molar-refractivity contribution in [2.24, 2.45) is 0 Å². The Morgan fingerprint density at radius 2 is 2.21 bits per heavy atom. The monoisotopic (exact) mass is 211 g/mol. The summed E-state index contributed by atoms with van der Waals surface area (Å²) in [5.41, 5.74) is 1.89. The summed E-state index contributed by atoms with van der Waals surface area (Å²) in [5.74, 6) is 0. The number of rotatable bonds is 4. The molecular formula is C10H14ClN3. The van der Waals surface area contributed by atoms with E-state index in [-0.39, 0.29) is 6.04 Å². The zero-order valence-electron chi connectivity index (χ0n) is 8.42. The number of hydrogen-bond donors (Lipinski definition) is 1. The van der Waals surface area contributed by atoms with E-state index >= 15 is 0 Å². The first-order valence-corrected chi connectivity index (χ1v) is 4.83. The Bertz CT molecular complexity index is 325. The molecular weight excluding hydrogens is 198 g/mol. The van der Waals surface area contributed by atoms with Gasteiger partial charge in [-0.2, -0.15) is 0 Å². The molecule has 0 aliphatic rings. The topological polar surface area (TPSA) is 37.8 Å². The third-order valence-electron chi connectivity index (χ3n) is 1.93. The molecule has 0 saturated carbocycles. The van der Waals surface area contributed by atoms with Crippen molar-refractivity contribution in [3.8, 4) is 0 Å². The van der Waals surface area contributed by atoms with Gasteiger partial charge in [-0.3, -0.25) is 9.97 Å². The molecule has 0 aliphatic heterocycles. The van der Waals surface area contributed by atoms with Crippen molar-refractivity contribution in [2.75, 3.05) is 6.54 Å². The molecule has 0 aliphatic carbocycles. The van der Waals surface area contributed by atoms with Crippen LogP contribution in [0.15, 0.2) is 24.0 Å². The zero-order valence-corrected chi connectivity index (χ0v) is 9.17. The highest BCUT2D eigenvalue weighted by molar-refractivity contribution is 6.29. The van der Waals surface area contributed by atoms with Crippen LogP contribution in [-0.2, 0) is 0 Å². The highest BCUT2D eigenvalue weighted by atomic mass is 35.5. The zero-order chi connectivity index (χ0) is 10.6. The molecule has 1 rings (SSSR count). The lowest BCUT2D eigenvalue weighted by Gasteiger charge is -2.13. The number of aryl methyl sites for hydroxylation is 1. The summed E-state index contributed by atoms with van der Waals surface area (Å²) in [5, 5.41) is 3.80. The standard InChI is InChI=1S/C10H14ClN3/c1-7(11)6-14-9(3)10-8(2)12-4-5-13-10/h4-5,9,14H,1,6H2,2-3H3. The Morgan fingerprint density at radius 3 is 2.79 bits per heavy atom. The lowest BCUT2D eigenvalue weighted by atomic mass is 10.2. The highest BCUT2D eigenvalue weighted by Crippen LogP contribution is 2.11. The summed E-state index contributed by atoms with van der Waals surface area (Å²) < 4.78 is 0. The summed E-state index contributed by atoms with van der Waals surface area (Å²) in [6.45, 7) is 8.16. The fourth-order valence-electron chi connectivity index (χ4n) is 1.20. The molecule has 0 fully saturated rings. The maximum absolute atomic E-state index is 5.66. The van der Waals surface area contributed by atoms with Crippen LogP contribution in [0.5, 0.6) is 0 Å². The smallest absolute Gasteiger partial charge is 0.0782 e. The molecule has 0 saturated heterocycles. The number of nitrogens with one attached hydrogen (secondary N) is 1. The average Bonchev–Trinajstić information content (AvgIpc) is 2.15. The predicted molar refractivity (Wildman–Crippen MR) is 58.2 cm³/mol. The molecule has 0 amide bonds. The second-order valence-electron chi connectivity index (χ2n) is 3.15. The summed E-state index contributed by atoms with van der Waals surface area (Å²) in [4.78, 5) is 8.43. The Labute approximate surface area is 89.2 Å². The number of nitrogens with zero attached hydrogens (tertiary/aromatic N) is 2. The van der Waals surface area contributed by atoms with Crippen molar-refractivity contribution in [1.82, 2.24) is 15.3 Å². The van der Waals surface area contributed by atoms with E-state index < -0.39 is 0 Å². The molecule has 0 radical (unpaired) electrons. The van der Waals surface area contributed by atoms with Gasteiger partial charge in [0.05, 0.1) is 11.4 Å². The van der Waals surface area contributed by atoms with Gasteiger partial charge in [-0.15, -0.1) is 0 Å². The van der Waals surface area contributed by atoms with Crippen LogP contribution in [0.3, 0.4) is 0 Å². The maximum Gasteiger partial charge on any atom is 0.0782 e. The fourth-order valence-corrected chi connectivity index (χ4v) is 1.28. The van der Waals surface area contributed by atoms with Crippen LogP contribution in [0, 0.1) is 6.92 Å². The Morgan fingerprint density at radius 1 is 1.57 bits per heavy atom. The third-order valence-corrected chi connectivity index (χ3v) is 2.06. The first-order valence-electron chi connectivity index (χ1n) is 4.45. The van der Waals surface area contributed by atoms with Crippen LogP contribution < -0.4 is 5.32 Å². The first kappa shape index (κ1) is 11.1. The van der Waals surface area contributed by atoms with Gasteiger partial charge in [-0.1, -0.05) is 18.2 Å². The van der Waals surface area contributed by atoms with E-state index in [1.165, 1.54) is 0 Å². The molecule has 0 aromatic carbocycles. The SMILES string of the molecule is C=C(Cl)CNC(C)c1nccnc1C. The lowest BCUT2D eigenvalue weighted by molar-refractivity contribution is 0.591. The Kier molecular flexibility index (Phi) is 4.04. The van der Waals surface area contributed by atoms with Gasteiger partial charge in [0.1, 0.15) is 0 Å². The second kappa shape index (κ2) is 5.08. The molecule has 1 heterocycles. The van der Waals surface area contributed by atoms with E-state index in [4.69, 9.17) is 11.6 Å². The number of aromatic nitrogens is 2. The fraction of sp³-hybridized carbons (Fsp3) is 0.400. The molecule has 4 heteroatoms. The lowest BCUT2D eigenvalue weighted by Crippen LogP contribution is -2.21. The quantitative estimate of drug-likeness (QED) is 0.830. The molecule has 0 spiro atoms. The predicted octanol–water partition coefficient (Wildman–Crippen LogP) is 2.19. The Balaban J connectivity index is 2.65. The van der Waals surface area contributed by atoms with Crippen LogP contribution in [0.25, 0.3) is 0 Å². The van der Waals surface area contributed by atoms with E-state index in [0.29, 0.717) is 11.6 Å². The highest BCUT2D eigenvalue weighted by Gasteiger charge is 2.09. The summed E-state index contributed by atoms with van der Waals surface area (Å²) in [6.07, 6.45) is 3.38. The molecule has 1 N–H and O–H groups in total. The van der Waals surface area contributed by atoms with Gasteiger partial charge < -0.3 is 5.32 Å². The first-order chi connectivity index (χ1) is 6.61. The molecule has 1 atom stereocenters. The normalized spacial score (nSPS) is 12.5. The van der Waals surface area contributed by atoms with E-state index in [9.17, 15) is 0 Å². The van der Waals surface area contributed by atoms with Crippen LogP contribution in [0.4, 0.5) is 0 Å². The number of hydrogen-bond acceptors (Lipinski definition) is 3. The minimum Gasteiger partial charge on any atom is -0.304 e. The molecule has 3 nitrogen and oxygen atoms in total. The van der Waals surface area contributed by atoms with Gasteiger partial charge in [0.2, 0.25) is 0 Å². The van der Waals surface area contributed by atoms with E-state index in [1.807, 2.05) is 13.8 Å². The van der Waals surface area contributed by atoms with Gasteiger partial charge in [-0.25, -0.2) is 0 Å². The van der Waals surface area contributed by atoms with Crippen LogP contribution in [0.1, 0.15) is 24.4 Å². The largest absolute Gasteiger partial charge is 0.304 e. The minimum atomic E-state index is 0.138. The van der Waals surface area contributed by atoms with E-state index in [1.54, 1.807) is 12.4 Å². The molecule has 1 unspecified atom stereocenters. The van der Waals surface area contributed by atoms with E-state index in [0.717, 1.165) is 11.4 Å². The second-order valence-corrected chi connectivity index (χ2v) is 3.68. The molecule has 1 aromatic rings. The van der Waals surface area contributed by atoms with Crippen LogP contribution in [-0.4, -0.2) is 16.5 Å². The van der Waals surface area contributed by atoms with E-state index in [2.05, 4.69) is 21.9 Å². The molecule has 1 aromatic heterocycles. The van der Waals surface area contributed by atoms with Crippen molar-refractivity contribution in [3.63, 3.8) is 0 Å². The van der Waals surface area contributed by atoms with Gasteiger partial charge in [0.15, 0.2) is 0 Å². The maximum atomic E-state index is 5.66. The molecule has 0 bridgehead atoms. The van der Waals surface area contributed by atoms with Crippen molar-refractivity contribution < 1.29 is 0 Å². The van der Waals surface area contributed by atoms with Crippen molar-refractivity contribution in [1.29, 1.82) is 0 Å². The van der Waals surface area contributed by atoms with Crippen molar-refractivity contribution >= 4 is 11.6 Å². The summed E-state index contributed by atoms with van der Waals surface area (Å²) >= 11 is 5.66. The summed E-state index contributed by atoms with van der Waals surface area (Å²) in [6, 6.07) is 0.138.